The predicted molar refractivity (Wildman–Crippen MR) is 115 cm³/mol. The van der Waals surface area contributed by atoms with Gasteiger partial charge in [0.15, 0.2) is 5.76 Å². The van der Waals surface area contributed by atoms with E-state index in [2.05, 4.69) is 20.8 Å². The Morgan fingerprint density at radius 3 is 2.52 bits per heavy atom. The van der Waals surface area contributed by atoms with Crippen LogP contribution in [0.1, 0.15) is 30.4 Å². The van der Waals surface area contributed by atoms with Crippen molar-refractivity contribution in [2.45, 2.75) is 33.7 Å². The van der Waals surface area contributed by atoms with Gasteiger partial charge in [0.05, 0.1) is 25.9 Å². The molecular formula is C22H27N5O4. The number of carbonyl (C=O) groups is 2. The van der Waals surface area contributed by atoms with Gasteiger partial charge < -0.3 is 19.5 Å². The minimum absolute atomic E-state index is 0.101. The normalized spacial score (nSPS) is 11.0. The summed E-state index contributed by atoms with van der Waals surface area (Å²) in [6, 6.07) is 9.27. The molecule has 0 saturated heterocycles. The van der Waals surface area contributed by atoms with Crippen molar-refractivity contribution in [3.05, 3.63) is 53.6 Å². The molecule has 0 aliphatic carbocycles. The van der Waals surface area contributed by atoms with Gasteiger partial charge in [0, 0.05) is 5.69 Å². The highest BCUT2D eigenvalue weighted by Crippen LogP contribution is 2.19. The Hall–Kier alpha value is -3.46. The second-order valence-corrected chi connectivity index (χ2v) is 7.28. The van der Waals surface area contributed by atoms with Crippen LogP contribution in [-0.2, 0) is 16.1 Å². The second kappa shape index (κ2) is 10.5. The highest BCUT2D eigenvalue weighted by atomic mass is 16.4. The Morgan fingerprint density at radius 2 is 1.84 bits per heavy atom. The fourth-order valence-electron chi connectivity index (χ4n) is 3.17. The van der Waals surface area contributed by atoms with Gasteiger partial charge in [0.2, 0.25) is 17.7 Å². The zero-order chi connectivity index (χ0) is 22.2. The smallest absolute Gasteiger partial charge is 0.283 e. The Bertz CT molecular complexity index is 993. The summed E-state index contributed by atoms with van der Waals surface area (Å²) in [6.45, 7) is 6.88. The topological polar surface area (TPSA) is 114 Å². The van der Waals surface area contributed by atoms with Crippen LogP contribution in [-0.4, -0.2) is 46.5 Å². The van der Waals surface area contributed by atoms with E-state index in [9.17, 15) is 9.59 Å². The van der Waals surface area contributed by atoms with E-state index in [-0.39, 0.29) is 24.9 Å². The summed E-state index contributed by atoms with van der Waals surface area (Å²) in [4.78, 5) is 26.5. The molecule has 2 amide bonds. The molecule has 0 radical (unpaired) electrons. The molecular weight excluding hydrogens is 398 g/mol. The summed E-state index contributed by atoms with van der Waals surface area (Å²) in [5.41, 5.74) is 2.72. The molecule has 164 valence electrons. The molecule has 2 N–H and O–H groups in total. The van der Waals surface area contributed by atoms with Gasteiger partial charge in [0.25, 0.3) is 5.89 Å². The molecule has 0 fully saturated rings. The number of para-hydroxylation sites is 1. The van der Waals surface area contributed by atoms with E-state index < -0.39 is 0 Å². The number of furan rings is 1. The van der Waals surface area contributed by atoms with E-state index in [1.54, 1.807) is 12.1 Å². The number of amides is 2. The van der Waals surface area contributed by atoms with Gasteiger partial charge in [-0.2, -0.15) is 0 Å². The number of rotatable bonds is 10. The van der Waals surface area contributed by atoms with Crippen LogP contribution in [0.2, 0.25) is 0 Å². The SMILES string of the molecule is CCCN(CC(=O)NCC(=O)Nc1c(C)cccc1C)Cc1nnc(-c2ccco2)o1. The molecule has 9 heteroatoms. The van der Waals surface area contributed by atoms with E-state index in [1.165, 1.54) is 6.26 Å². The van der Waals surface area contributed by atoms with E-state index in [4.69, 9.17) is 8.83 Å². The lowest BCUT2D eigenvalue weighted by Crippen LogP contribution is -2.40. The molecule has 9 nitrogen and oxygen atoms in total. The van der Waals surface area contributed by atoms with E-state index in [0.29, 0.717) is 30.6 Å². The van der Waals surface area contributed by atoms with Crippen molar-refractivity contribution >= 4 is 17.5 Å². The lowest BCUT2D eigenvalue weighted by atomic mass is 10.1. The zero-order valence-electron chi connectivity index (χ0n) is 18.0. The highest BCUT2D eigenvalue weighted by molar-refractivity contribution is 5.95. The van der Waals surface area contributed by atoms with Gasteiger partial charge in [0.1, 0.15) is 0 Å². The first kappa shape index (κ1) is 22.2. The quantitative estimate of drug-likeness (QED) is 0.513. The summed E-state index contributed by atoms with van der Waals surface area (Å²) >= 11 is 0. The predicted octanol–water partition coefficient (Wildman–Crippen LogP) is 2.91. The van der Waals surface area contributed by atoms with Gasteiger partial charge >= 0.3 is 0 Å². The Labute approximate surface area is 180 Å². The summed E-state index contributed by atoms with van der Waals surface area (Å²) < 4.78 is 10.9. The number of nitrogens with one attached hydrogen (secondary N) is 2. The molecule has 0 saturated carbocycles. The first-order valence-corrected chi connectivity index (χ1v) is 10.2. The maximum Gasteiger partial charge on any atom is 0.283 e. The molecule has 2 heterocycles. The molecule has 0 bridgehead atoms. The number of carbonyl (C=O) groups excluding carboxylic acids is 2. The average Bonchev–Trinajstić information content (AvgIpc) is 3.41. The summed E-state index contributed by atoms with van der Waals surface area (Å²) in [5.74, 6) is 0.654. The number of anilines is 1. The Morgan fingerprint density at radius 1 is 1.06 bits per heavy atom. The number of aryl methyl sites for hydroxylation is 2. The number of aromatic nitrogens is 2. The lowest BCUT2D eigenvalue weighted by molar-refractivity contribution is -0.125. The third kappa shape index (κ3) is 6.26. The zero-order valence-corrected chi connectivity index (χ0v) is 18.0. The Balaban J connectivity index is 1.50. The van der Waals surface area contributed by atoms with Crippen LogP contribution in [0.3, 0.4) is 0 Å². The molecule has 1 aromatic carbocycles. The maximum atomic E-state index is 12.4. The van der Waals surface area contributed by atoms with Crippen LogP contribution < -0.4 is 10.6 Å². The highest BCUT2D eigenvalue weighted by Gasteiger charge is 2.17. The molecule has 31 heavy (non-hydrogen) atoms. The number of hydrogen-bond acceptors (Lipinski definition) is 7. The minimum Gasteiger partial charge on any atom is -0.459 e. The maximum absolute atomic E-state index is 12.4. The lowest BCUT2D eigenvalue weighted by Gasteiger charge is -2.19. The molecule has 0 atom stereocenters. The first-order chi connectivity index (χ1) is 15.0. The van der Waals surface area contributed by atoms with Crippen molar-refractivity contribution in [1.29, 1.82) is 0 Å². The summed E-state index contributed by atoms with van der Waals surface area (Å²) in [6.07, 6.45) is 2.38. The first-order valence-electron chi connectivity index (χ1n) is 10.2. The number of hydrogen-bond donors (Lipinski definition) is 2. The minimum atomic E-state index is -0.271. The number of nitrogens with zero attached hydrogens (tertiary/aromatic N) is 3. The van der Waals surface area contributed by atoms with Crippen LogP contribution in [0.4, 0.5) is 5.69 Å². The van der Waals surface area contributed by atoms with Gasteiger partial charge in [-0.3, -0.25) is 14.5 Å². The molecule has 2 aromatic heterocycles. The summed E-state index contributed by atoms with van der Waals surface area (Å²) in [7, 11) is 0. The van der Waals surface area contributed by atoms with Crippen molar-refractivity contribution in [1.82, 2.24) is 20.4 Å². The molecule has 3 rings (SSSR count). The van der Waals surface area contributed by atoms with Gasteiger partial charge in [-0.15, -0.1) is 10.2 Å². The Kier molecular flexibility index (Phi) is 7.55. The third-order valence-corrected chi connectivity index (χ3v) is 4.66. The van der Waals surface area contributed by atoms with Crippen LogP contribution >= 0.6 is 0 Å². The average molecular weight is 425 g/mol. The van der Waals surface area contributed by atoms with E-state index in [0.717, 1.165) is 23.2 Å². The van der Waals surface area contributed by atoms with Crippen molar-refractivity contribution in [2.24, 2.45) is 0 Å². The largest absolute Gasteiger partial charge is 0.459 e. The van der Waals surface area contributed by atoms with Crippen LogP contribution in [0, 0.1) is 13.8 Å². The molecule has 0 aliphatic rings. The van der Waals surface area contributed by atoms with Gasteiger partial charge in [-0.25, -0.2) is 0 Å². The molecule has 0 spiro atoms. The van der Waals surface area contributed by atoms with Crippen LogP contribution in [0.5, 0.6) is 0 Å². The fourth-order valence-corrected chi connectivity index (χ4v) is 3.17. The van der Waals surface area contributed by atoms with Crippen molar-refractivity contribution in [2.75, 3.05) is 25.0 Å². The van der Waals surface area contributed by atoms with Crippen molar-refractivity contribution in [3.8, 4) is 11.7 Å². The molecule has 0 aliphatic heterocycles. The fraction of sp³-hybridized carbons (Fsp3) is 0.364. The monoisotopic (exact) mass is 425 g/mol. The van der Waals surface area contributed by atoms with E-state index in [1.807, 2.05) is 43.9 Å². The molecule has 3 aromatic rings. The standard InChI is InChI=1S/C22H27N5O4/c1-4-10-27(14-20-25-26-22(31-20)17-9-6-11-30-17)13-19(29)23-12-18(28)24-21-15(2)7-5-8-16(21)3/h5-9,11H,4,10,12-14H2,1-3H3,(H,23,29)(H,24,28). The second-order valence-electron chi connectivity index (χ2n) is 7.28. The van der Waals surface area contributed by atoms with Crippen LogP contribution in [0.15, 0.2) is 45.4 Å². The van der Waals surface area contributed by atoms with Crippen molar-refractivity contribution in [3.63, 3.8) is 0 Å². The molecule has 0 unspecified atom stereocenters. The van der Waals surface area contributed by atoms with Crippen LogP contribution in [0.25, 0.3) is 11.7 Å². The van der Waals surface area contributed by atoms with E-state index >= 15 is 0 Å². The third-order valence-electron chi connectivity index (χ3n) is 4.66. The number of benzene rings is 1. The summed E-state index contributed by atoms with van der Waals surface area (Å²) in [5, 5.41) is 13.5. The van der Waals surface area contributed by atoms with Gasteiger partial charge in [-0.05, 0) is 50.1 Å². The van der Waals surface area contributed by atoms with Crippen molar-refractivity contribution < 1.29 is 18.4 Å². The van der Waals surface area contributed by atoms with Gasteiger partial charge in [-0.1, -0.05) is 25.1 Å².